The van der Waals surface area contributed by atoms with Crippen LogP contribution in [-0.2, 0) is 13.0 Å². The van der Waals surface area contributed by atoms with E-state index in [0.29, 0.717) is 36.6 Å². The van der Waals surface area contributed by atoms with Gasteiger partial charge in [0, 0.05) is 18.7 Å². The Hall–Kier alpha value is -1.89. The average Bonchev–Trinajstić information content (AvgIpc) is 2.82. The van der Waals surface area contributed by atoms with Gasteiger partial charge in [0.2, 0.25) is 0 Å². The van der Waals surface area contributed by atoms with Crippen molar-refractivity contribution in [2.24, 2.45) is 23.2 Å². The highest BCUT2D eigenvalue weighted by Gasteiger charge is 2.53. The van der Waals surface area contributed by atoms with E-state index in [4.69, 9.17) is 23.2 Å². The number of carbonyl (C=O) groups is 1. The van der Waals surface area contributed by atoms with Gasteiger partial charge in [0.15, 0.2) is 0 Å². The third-order valence-electron chi connectivity index (χ3n) is 8.73. The van der Waals surface area contributed by atoms with Crippen LogP contribution in [0.5, 0.6) is 0 Å². The minimum absolute atomic E-state index is 0.0777. The van der Waals surface area contributed by atoms with Gasteiger partial charge >= 0.3 is 0 Å². The van der Waals surface area contributed by atoms with Crippen molar-refractivity contribution in [3.63, 3.8) is 0 Å². The van der Waals surface area contributed by atoms with E-state index >= 15 is 0 Å². The highest BCUT2D eigenvalue weighted by atomic mass is 35.5. The summed E-state index contributed by atoms with van der Waals surface area (Å²) >= 11 is 12.4. The molecule has 4 saturated carbocycles. The number of nitrogens with one attached hydrogen (secondary N) is 1. The normalized spacial score (nSPS) is 30.2. The van der Waals surface area contributed by atoms with Gasteiger partial charge in [-0.15, -0.1) is 0 Å². The van der Waals surface area contributed by atoms with Crippen molar-refractivity contribution in [3.05, 3.63) is 51.4 Å². The largest absolute Gasteiger partial charge is 0.391 e. The predicted octanol–water partition coefficient (Wildman–Crippen LogP) is 4.97. The number of anilines is 1. The number of aromatic nitrogens is 2. The summed E-state index contributed by atoms with van der Waals surface area (Å²) in [5, 5.41) is 15.4. The Morgan fingerprint density at radius 1 is 1.15 bits per heavy atom. The Labute approximate surface area is 210 Å². The van der Waals surface area contributed by atoms with E-state index in [0.717, 1.165) is 34.8 Å². The number of carbonyl (C=O) groups excluding carboxylic acids is 1. The van der Waals surface area contributed by atoms with E-state index < -0.39 is 0 Å². The number of aliphatic hydroxyl groups is 1. The molecule has 0 spiro atoms. The van der Waals surface area contributed by atoms with Crippen LogP contribution in [-0.4, -0.2) is 45.1 Å². The number of aliphatic hydroxyl groups excluding tert-OH is 1. The smallest absolute Gasteiger partial charge is 0.255 e. The molecule has 1 amide bonds. The molecule has 1 aromatic heterocycles. The summed E-state index contributed by atoms with van der Waals surface area (Å²) in [5.74, 6) is 3.06. The van der Waals surface area contributed by atoms with Gasteiger partial charge in [0.1, 0.15) is 12.1 Å². The Morgan fingerprint density at radius 3 is 2.56 bits per heavy atom. The molecule has 5 aliphatic rings. The summed E-state index contributed by atoms with van der Waals surface area (Å²) in [6.07, 6.45) is 9.46. The zero-order valence-electron chi connectivity index (χ0n) is 19.1. The zero-order chi connectivity index (χ0) is 23.4. The van der Waals surface area contributed by atoms with Gasteiger partial charge in [-0.25, -0.2) is 9.97 Å². The maximum Gasteiger partial charge on any atom is 0.255 e. The van der Waals surface area contributed by atoms with Crippen molar-refractivity contribution < 1.29 is 9.90 Å². The maximum absolute atomic E-state index is 13.1. The van der Waals surface area contributed by atoms with Crippen LogP contribution in [0.25, 0.3) is 0 Å². The molecule has 0 saturated heterocycles. The van der Waals surface area contributed by atoms with Crippen molar-refractivity contribution in [1.82, 2.24) is 14.9 Å². The van der Waals surface area contributed by atoms with Crippen LogP contribution >= 0.6 is 23.2 Å². The van der Waals surface area contributed by atoms with Crippen LogP contribution < -0.4 is 5.32 Å². The van der Waals surface area contributed by atoms with E-state index in [-0.39, 0.29) is 22.4 Å². The fourth-order valence-corrected chi connectivity index (χ4v) is 7.90. The molecule has 2 heterocycles. The number of fused-ring (bicyclic) bond motifs is 1. The van der Waals surface area contributed by atoms with Gasteiger partial charge in [-0.3, -0.25) is 4.79 Å². The molecule has 4 fully saturated rings. The molecule has 2 N–H and O–H groups in total. The number of hydrogen-bond donors (Lipinski definition) is 2. The molecule has 1 unspecified atom stereocenters. The molecule has 4 bridgehead atoms. The topological polar surface area (TPSA) is 78.4 Å². The molecule has 1 aromatic carbocycles. The van der Waals surface area contributed by atoms with Gasteiger partial charge in [0.05, 0.1) is 34.0 Å². The lowest BCUT2D eigenvalue weighted by atomic mass is 9.48. The monoisotopic (exact) mass is 500 g/mol. The molecule has 2 aromatic rings. The summed E-state index contributed by atoms with van der Waals surface area (Å²) in [5.41, 5.74) is 2.35. The SMILES string of the molecule is O=C(c1cccc(Cl)c1Cl)N1CCc2c(ncnc2NCC(O)C23CC4CC(CC(C4)C2)C3)C1. The highest BCUT2D eigenvalue weighted by molar-refractivity contribution is 6.43. The van der Waals surface area contributed by atoms with Gasteiger partial charge in [-0.1, -0.05) is 29.3 Å². The molecule has 0 radical (unpaired) electrons. The summed E-state index contributed by atoms with van der Waals surface area (Å²) in [4.78, 5) is 23.8. The van der Waals surface area contributed by atoms with Crippen molar-refractivity contribution in [3.8, 4) is 0 Å². The Balaban J connectivity index is 1.15. The molecule has 7 rings (SSSR count). The highest BCUT2D eigenvalue weighted by Crippen LogP contribution is 2.61. The Bertz CT molecular complexity index is 1090. The first kappa shape index (κ1) is 22.6. The maximum atomic E-state index is 13.1. The number of hydrogen-bond acceptors (Lipinski definition) is 5. The van der Waals surface area contributed by atoms with Crippen LogP contribution in [0.1, 0.15) is 60.1 Å². The second-order valence-electron chi connectivity index (χ2n) is 10.9. The van der Waals surface area contributed by atoms with E-state index in [1.165, 1.54) is 38.5 Å². The number of rotatable bonds is 5. The van der Waals surface area contributed by atoms with Gasteiger partial charge in [0.25, 0.3) is 5.91 Å². The molecule has 34 heavy (non-hydrogen) atoms. The number of nitrogens with zero attached hydrogens (tertiary/aromatic N) is 3. The fourth-order valence-electron chi connectivity index (χ4n) is 7.51. The van der Waals surface area contributed by atoms with Crippen molar-refractivity contribution >= 4 is 34.9 Å². The molecule has 8 heteroatoms. The third kappa shape index (κ3) is 3.88. The van der Waals surface area contributed by atoms with E-state index in [9.17, 15) is 9.90 Å². The van der Waals surface area contributed by atoms with Crippen LogP contribution in [0.4, 0.5) is 5.82 Å². The van der Waals surface area contributed by atoms with Crippen molar-refractivity contribution in [2.45, 2.75) is 57.6 Å². The van der Waals surface area contributed by atoms with Crippen LogP contribution in [0.3, 0.4) is 0 Å². The zero-order valence-corrected chi connectivity index (χ0v) is 20.7. The first-order valence-electron chi connectivity index (χ1n) is 12.4. The fraction of sp³-hybridized carbons (Fsp3) is 0.577. The number of benzene rings is 1. The summed E-state index contributed by atoms with van der Waals surface area (Å²) < 4.78 is 0. The van der Waals surface area contributed by atoms with E-state index in [1.807, 2.05) is 0 Å². The molecular weight excluding hydrogens is 471 g/mol. The van der Waals surface area contributed by atoms with Crippen molar-refractivity contribution in [1.29, 1.82) is 0 Å². The second kappa shape index (κ2) is 8.65. The Kier molecular flexibility index (Phi) is 5.74. The molecular formula is C26H30Cl2N4O2. The van der Waals surface area contributed by atoms with Gasteiger partial charge in [-0.05, 0) is 80.2 Å². The number of halogens is 2. The first-order valence-corrected chi connectivity index (χ1v) is 13.2. The first-order chi connectivity index (χ1) is 16.4. The molecule has 4 aliphatic carbocycles. The minimum Gasteiger partial charge on any atom is -0.391 e. The molecule has 6 nitrogen and oxygen atoms in total. The average molecular weight is 501 g/mol. The summed E-state index contributed by atoms with van der Waals surface area (Å²) in [7, 11) is 0. The molecule has 1 aliphatic heterocycles. The molecule has 1 atom stereocenters. The van der Waals surface area contributed by atoms with E-state index in [1.54, 1.807) is 29.4 Å². The quantitative estimate of drug-likeness (QED) is 0.605. The van der Waals surface area contributed by atoms with Crippen LogP contribution in [0.15, 0.2) is 24.5 Å². The van der Waals surface area contributed by atoms with Crippen molar-refractivity contribution in [2.75, 3.05) is 18.4 Å². The van der Waals surface area contributed by atoms with Gasteiger partial charge in [-0.2, -0.15) is 0 Å². The standard InChI is InChI=1S/C26H30Cl2N4O2/c27-20-3-1-2-19(23(20)28)25(34)32-5-4-18-21(13-32)30-14-31-24(18)29-12-22(33)26-9-15-6-16(10-26)8-17(7-15)11-26/h1-3,14-17,22,33H,4-13H2,(H,29,30,31). The summed E-state index contributed by atoms with van der Waals surface area (Å²) in [6.45, 7) is 1.45. The van der Waals surface area contributed by atoms with Crippen LogP contribution in [0, 0.1) is 23.2 Å². The predicted molar refractivity (Wildman–Crippen MR) is 132 cm³/mol. The van der Waals surface area contributed by atoms with E-state index in [2.05, 4.69) is 15.3 Å². The second-order valence-corrected chi connectivity index (χ2v) is 11.7. The van der Waals surface area contributed by atoms with Gasteiger partial charge < -0.3 is 15.3 Å². The number of amides is 1. The Morgan fingerprint density at radius 2 is 1.85 bits per heavy atom. The lowest BCUT2D eigenvalue weighted by Gasteiger charge is -2.58. The summed E-state index contributed by atoms with van der Waals surface area (Å²) in [6, 6.07) is 5.11. The lowest BCUT2D eigenvalue weighted by molar-refractivity contribution is -0.115. The minimum atomic E-state index is -0.363. The molecule has 180 valence electrons. The third-order valence-corrected chi connectivity index (χ3v) is 9.55. The lowest BCUT2D eigenvalue weighted by Crippen LogP contribution is -2.53. The van der Waals surface area contributed by atoms with Crippen LogP contribution in [0.2, 0.25) is 10.0 Å².